The third-order valence-electron chi connectivity index (χ3n) is 10.1. The molecule has 15 heteroatoms. The molecule has 5 heterocycles. The van der Waals surface area contributed by atoms with Crippen LogP contribution in [-0.2, 0) is 28.9 Å². The van der Waals surface area contributed by atoms with Gasteiger partial charge in [0.2, 0.25) is 23.6 Å². The van der Waals surface area contributed by atoms with Gasteiger partial charge < -0.3 is 35.0 Å². The second kappa shape index (κ2) is 15.6. The van der Waals surface area contributed by atoms with E-state index in [0.717, 1.165) is 42.5 Å². The number of carbonyl (C=O) groups is 5. The molecule has 1 saturated heterocycles. The van der Waals surface area contributed by atoms with Crippen LogP contribution in [0.25, 0.3) is 0 Å². The highest BCUT2D eigenvalue weighted by Crippen LogP contribution is 2.26. The minimum absolute atomic E-state index is 0.0130. The second-order valence-corrected chi connectivity index (χ2v) is 14.7. The smallest absolute Gasteiger partial charge is 0.276 e. The van der Waals surface area contributed by atoms with E-state index < -0.39 is 53.8 Å². The Balaban J connectivity index is 1.21. The number of hydrogen-bond acceptors (Lipinski definition) is 10. The Morgan fingerprint density at radius 2 is 1.67 bits per heavy atom. The van der Waals surface area contributed by atoms with Crippen LogP contribution >= 0.6 is 0 Å². The summed E-state index contributed by atoms with van der Waals surface area (Å²) in [5, 5.41) is 11.6. The fraction of sp³-hybridized carbons (Fsp3) is 0.436. The van der Waals surface area contributed by atoms with E-state index in [1.807, 2.05) is 50.2 Å². The lowest BCUT2D eigenvalue weighted by atomic mass is 9.95. The lowest BCUT2D eigenvalue weighted by Crippen LogP contribution is -2.48. The van der Waals surface area contributed by atoms with Gasteiger partial charge in [-0.3, -0.25) is 29.0 Å². The van der Waals surface area contributed by atoms with E-state index in [1.165, 1.54) is 17.4 Å². The van der Waals surface area contributed by atoms with Crippen LogP contribution in [0.3, 0.4) is 0 Å². The van der Waals surface area contributed by atoms with Crippen LogP contribution in [0.4, 0.5) is 0 Å². The zero-order chi connectivity index (χ0) is 37.9. The predicted molar refractivity (Wildman–Crippen MR) is 193 cm³/mol. The van der Waals surface area contributed by atoms with Gasteiger partial charge in [-0.15, -0.1) is 0 Å². The summed E-state index contributed by atoms with van der Waals surface area (Å²) in [6, 6.07) is 7.08. The number of carbonyl (C=O) groups excluding carboxylic acids is 5. The standard InChI is InChI=1S/C39H44N8O7/c1-21(2)13-28-34(49)41-22(3)37-46-31(20-53-37)39(52)47-18-26(42-33(48)25-15-24-11-7-8-12-27(24)40-17-25)16-32(47)36(51)44-29(14-23-9-5-4-6-10-23)38-45-30(19-54-38)35(50)43-28/h4-6,9-10,15,17,19-22,26,28-29,32H,7-8,11-14,16,18H2,1-3H3,(H,41,49)(H,42,48)(H,43,50)(H,44,51)/t22-,26+,28-,29+,32+/m1/s1. The van der Waals surface area contributed by atoms with E-state index in [0.29, 0.717) is 12.0 Å². The van der Waals surface area contributed by atoms with E-state index >= 15 is 0 Å². The number of rotatable bonds is 6. The highest BCUT2D eigenvalue weighted by molar-refractivity contribution is 5.98. The van der Waals surface area contributed by atoms with Crippen molar-refractivity contribution in [1.82, 2.24) is 41.1 Å². The topological polar surface area (TPSA) is 202 Å². The Morgan fingerprint density at radius 3 is 2.46 bits per heavy atom. The molecule has 2 aliphatic heterocycles. The fourth-order valence-corrected chi connectivity index (χ4v) is 7.31. The SMILES string of the molecule is CC(C)C[C@H]1NC(=O)c2coc(n2)[C@H](Cc2ccccc2)NC(=O)[C@@H]2C[C@H](NC(=O)c3cnc4c(c3)CCCC4)CN2C(=O)c2coc(n2)[C@@H](C)NC1=O. The van der Waals surface area contributed by atoms with Crippen LogP contribution in [0.5, 0.6) is 0 Å². The van der Waals surface area contributed by atoms with Gasteiger partial charge in [0.25, 0.3) is 17.7 Å². The second-order valence-electron chi connectivity index (χ2n) is 14.7. The first-order valence-electron chi connectivity index (χ1n) is 18.5. The number of benzene rings is 1. The molecule has 1 aliphatic carbocycles. The first-order valence-corrected chi connectivity index (χ1v) is 18.5. The Morgan fingerprint density at radius 1 is 0.926 bits per heavy atom. The molecule has 0 saturated carbocycles. The number of aryl methyl sites for hydroxylation is 2. The fourth-order valence-electron chi connectivity index (χ4n) is 7.31. The first-order chi connectivity index (χ1) is 26.0. The highest BCUT2D eigenvalue weighted by atomic mass is 16.3. The summed E-state index contributed by atoms with van der Waals surface area (Å²) in [5.41, 5.74) is 3.20. The molecule has 3 aromatic heterocycles. The zero-order valence-corrected chi connectivity index (χ0v) is 30.5. The first kappa shape index (κ1) is 36.5. The molecular formula is C39H44N8O7. The van der Waals surface area contributed by atoms with Crippen molar-refractivity contribution in [2.45, 2.75) is 95.9 Å². The summed E-state index contributed by atoms with van der Waals surface area (Å²) in [4.78, 5) is 83.6. The number of pyridine rings is 1. The summed E-state index contributed by atoms with van der Waals surface area (Å²) in [7, 11) is 0. The van der Waals surface area contributed by atoms with E-state index in [-0.39, 0.29) is 54.4 Å². The highest BCUT2D eigenvalue weighted by Gasteiger charge is 2.43. The molecule has 4 aromatic rings. The van der Waals surface area contributed by atoms with Crippen LogP contribution in [0.2, 0.25) is 0 Å². The normalized spacial score (nSPS) is 23.4. The molecule has 1 fully saturated rings. The van der Waals surface area contributed by atoms with Gasteiger partial charge in [0, 0.05) is 30.9 Å². The Labute approximate surface area is 312 Å². The van der Waals surface area contributed by atoms with Crippen LogP contribution in [0.1, 0.15) is 118 Å². The number of oxazole rings is 2. The van der Waals surface area contributed by atoms with Crippen molar-refractivity contribution in [3.05, 3.63) is 101 Å². The van der Waals surface area contributed by atoms with Gasteiger partial charge in [0.1, 0.15) is 36.7 Å². The summed E-state index contributed by atoms with van der Waals surface area (Å²) < 4.78 is 11.5. The molecular weight excluding hydrogens is 692 g/mol. The van der Waals surface area contributed by atoms with E-state index in [9.17, 15) is 24.0 Å². The van der Waals surface area contributed by atoms with Crippen LogP contribution in [0.15, 0.2) is 64.0 Å². The molecule has 4 bridgehead atoms. The largest absolute Gasteiger partial charge is 0.446 e. The maximum absolute atomic E-state index is 14.3. The molecule has 54 heavy (non-hydrogen) atoms. The van der Waals surface area contributed by atoms with E-state index in [4.69, 9.17) is 8.83 Å². The molecule has 0 spiro atoms. The maximum atomic E-state index is 14.3. The minimum Gasteiger partial charge on any atom is -0.446 e. The van der Waals surface area contributed by atoms with E-state index in [2.05, 4.69) is 36.2 Å². The molecule has 7 rings (SSSR count). The summed E-state index contributed by atoms with van der Waals surface area (Å²) in [6.07, 6.45) is 8.48. The van der Waals surface area contributed by atoms with Crippen LogP contribution < -0.4 is 21.3 Å². The molecule has 282 valence electrons. The number of hydrogen-bond donors (Lipinski definition) is 4. The quantitative estimate of drug-likeness (QED) is 0.227. The summed E-state index contributed by atoms with van der Waals surface area (Å²) >= 11 is 0. The van der Waals surface area contributed by atoms with Crippen LogP contribution in [0, 0.1) is 5.92 Å². The lowest BCUT2D eigenvalue weighted by molar-refractivity contribution is -0.126. The number of nitrogens with zero attached hydrogens (tertiary/aromatic N) is 4. The average Bonchev–Trinajstić information content (AvgIpc) is 3.95. The van der Waals surface area contributed by atoms with Gasteiger partial charge in [-0.05, 0) is 68.6 Å². The number of aromatic nitrogens is 3. The van der Waals surface area contributed by atoms with Gasteiger partial charge in [-0.1, -0.05) is 44.2 Å². The summed E-state index contributed by atoms with van der Waals surface area (Å²) in [5.74, 6) is -2.35. The maximum Gasteiger partial charge on any atom is 0.276 e. The van der Waals surface area contributed by atoms with Crippen molar-refractivity contribution < 1.29 is 32.8 Å². The molecule has 1 aromatic carbocycles. The molecule has 0 radical (unpaired) electrons. The van der Waals surface area contributed by atoms with Gasteiger partial charge in [0.15, 0.2) is 11.4 Å². The van der Waals surface area contributed by atoms with Crippen molar-refractivity contribution in [3.8, 4) is 0 Å². The van der Waals surface area contributed by atoms with E-state index in [1.54, 1.807) is 13.1 Å². The Kier molecular flexibility index (Phi) is 10.6. The van der Waals surface area contributed by atoms with Gasteiger partial charge >= 0.3 is 0 Å². The number of fused-ring (bicyclic) bond motifs is 6. The summed E-state index contributed by atoms with van der Waals surface area (Å²) in [6.45, 7) is 5.52. The van der Waals surface area contributed by atoms with Crippen molar-refractivity contribution in [2.24, 2.45) is 5.92 Å². The zero-order valence-electron chi connectivity index (χ0n) is 30.5. The van der Waals surface area contributed by atoms with Gasteiger partial charge in [0.05, 0.1) is 5.56 Å². The third-order valence-corrected chi connectivity index (χ3v) is 10.1. The number of nitrogens with one attached hydrogen (secondary N) is 4. The minimum atomic E-state index is -1.03. The number of amides is 5. The van der Waals surface area contributed by atoms with Crippen molar-refractivity contribution in [2.75, 3.05) is 6.54 Å². The monoisotopic (exact) mass is 736 g/mol. The van der Waals surface area contributed by atoms with Gasteiger partial charge in [-0.25, -0.2) is 9.97 Å². The molecule has 15 nitrogen and oxygen atoms in total. The predicted octanol–water partition coefficient (Wildman–Crippen LogP) is 3.39. The van der Waals surface area contributed by atoms with Crippen LogP contribution in [-0.4, -0.2) is 74.1 Å². The third kappa shape index (κ3) is 8.04. The van der Waals surface area contributed by atoms with Gasteiger partial charge in [-0.2, -0.15) is 0 Å². The molecule has 5 atom stereocenters. The molecule has 4 N–H and O–H groups in total. The van der Waals surface area contributed by atoms with Crippen molar-refractivity contribution in [3.63, 3.8) is 0 Å². The van der Waals surface area contributed by atoms with Crippen molar-refractivity contribution in [1.29, 1.82) is 0 Å². The molecule has 5 amide bonds. The molecule has 0 unspecified atom stereocenters. The lowest BCUT2D eigenvalue weighted by Gasteiger charge is -2.25. The van der Waals surface area contributed by atoms with Crippen molar-refractivity contribution >= 4 is 29.5 Å². The molecule has 3 aliphatic rings. The Bertz CT molecular complexity index is 2040. The average molecular weight is 737 g/mol. The Hall–Kier alpha value is -5.86.